The summed E-state index contributed by atoms with van der Waals surface area (Å²) in [5, 5.41) is 0.366. The summed E-state index contributed by atoms with van der Waals surface area (Å²) < 4.78 is 28.4. The highest BCUT2D eigenvalue weighted by atomic mass is 35.5. The number of halogens is 1. The third-order valence-electron chi connectivity index (χ3n) is 7.40. The summed E-state index contributed by atoms with van der Waals surface area (Å²) in [6.45, 7) is 4.57. The molecule has 37 heavy (non-hydrogen) atoms. The molecule has 5 heterocycles. The minimum absolute atomic E-state index is 0.220. The highest BCUT2D eigenvalue weighted by Crippen LogP contribution is 2.35. The lowest BCUT2D eigenvalue weighted by atomic mass is 9.98. The molecule has 196 valence electrons. The minimum Gasteiger partial charge on any atom is -0.357 e. The number of anilines is 3. The predicted molar refractivity (Wildman–Crippen MR) is 144 cm³/mol. The number of likely N-dealkylation sites (tertiary alicyclic amines) is 1. The summed E-state index contributed by atoms with van der Waals surface area (Å²) >= 11 is 6.22. The number of imidazole rings is 1. The van der Waals surface area contributed by atoms with Gasteiger partial charge in [0.25, 0.3) is 5.91 Å². The van der Waals surface area contributed by atoms with E-state index in [4.69, 9.17) is 21.6 Å². The quantitative estimate of drug-likeness (QED) is 0.507. The number of nitrogens with zero attached hydrogens (tertiary/aromatic N) is 6. The Labute approximate surface area is 221 Å². The summed E-state index contributed by atoms with van der Waals surface area (Å²) in [6.07, 6.45) is 8.01. The van der Waals surface area contributed by atoms with Crippen molar-refractivity contribution in [1.29, 1.82) is 0 Å². The van der Waals surface area contributed by atoms with Crippen molar-refractivity contribution in [3.63, 3.8) is 0 Å². The number of benzene rings is 1. The summed E-state index contributed by atoms with van der Waals surface area (Å²) in [5.41, 5.74) is 1.24. The van der Waals surface area contributed by atoms with Crippen LogP contribution >= 0.6 is 11.6 Å². The van der Waals surface area contributed by atoms with Crippen molar-refractivity contribution >= 4 is 50.6 Å². The first-order valence-corrected chi connectivity index (χ1v) is 15.0. The predicted octanol–water partition coefficient (Wildman–Crippen LogP) is 3.54. The van der Waals surface area contributed by atoms with E-state index in [0.29, 0.717) is 17.3 Å². The SMILES string of the molecule is CS(=O)(=O)Nc1ccc(Cl)cc1C(=O)N1CCCC[C@H]1c1cn2c(N3CCC3)cc(N3CCC3)nc2n1. The maximum atomic E-state index is 13.8. The number of hydrogen-bond acceptors (Lipinski definition) is 7. The Hall–Kier alpha value is -3.05. The van der Waals surface area contributed by atoms with Gasteiger partial charge in [-0.2, -0.15) is 4.98 Å². The third kappa shape index (κ3) is 4.70. The molecule has 0 radical (unpaired) electrons. The number of amides is 1. The highest BCUT2D eigenvalue weighted by molar-refractivity contribution is 7.92. The monoisotopic (exact) mass is 543 g/mol. The van der Waals surface area contributed by atoms with Crippen LogP contribution in [0.15, 0.2) is 30.5 Å². The van der Waals surface area contributed by atoms with Gasteiger partial charge in [0.2, 0.25) is 15.8 Å². The number of nitrogens with one attached hydrogen (secondary N) is 1. The number of carbonyl (C=O) groups is 1. The molecule has 3 aliphatic rings. The van der Waals surface area contributed by atoms with E-state index in [-0.39, 0.29) is 23.2 Å². The van der Waals surface area contributed by atoms with Crippen LogP contribution in [0, 0.1) is 0 Å². The number of aromatic nitrogens is 3. The van der Waals surface area contributed by atoms with Crippen LogP contribution in [0.3, 0.4) is 0 Å². The summed E-state index contributed by atoms with van der Waals surface area (Å²) in [6, 6.07) is 6.52. The van der Waals surface area contributed by atoms with E-state index >= 15 is 0 Å². The second-order valence-electron chi connectivity index (χ2n) is 10.1. The Balaban J connectivity index is 1.38. The van der Waals surface area contributed by atoms with E-state index in [9.17, 15) is 13.2 Å². The third-order valence-corrected chi connectivity index (χ3v) is 8.22. The van der Waals surface area contributed by atoms with E-state index in [2.05, 4.69) is 20.6 Å². The van der Waals surface area contributed by atoms with Gasteiger partial charge < -0.3 is 14.7 Å². The molecule has 3 fully saturated rings. The van der Waals surface area contributed by atoms with Gasteiger partial charge in [0.05, 0.1) is 29.2 Å². The molecule has 10 nitrogen and oxygen atoms in total. The molecule has 6 rings (SSSR count). The fourth-order valence-corrected chi connectivity index (χ4v) is 5.98. The van der Waals surface area contributed by atoms with E-state index in [1.807, 2.05) is 10.6 Å². The van der Waals surface area contributed by atoms with Gasteiger partial charge in [0.1, 0.15) is 11.6 Å². The topological polar surface area (TPSA) is 103 Å². The lowest BCUT2D eigenvalue weighted by molar-refractivity contribution is 0.0608. The van der Waals surface area contributed by atoms with Gasteiger partial charge in [0.15, 0.2) is 0 Å². The largest absolute Gasteiger partial charge is 0.357 e. The second-order valence-corrected chi connectivity index (χ2v) is 12.2. The van der Waals surface area contributed by atoms with Crippen molar-refractivity contribution in [2.24, 2.45) is 0 Å². The standard InChI is InChI=1S/C25H30ClN7O3S/c1-37(35,36)29-19-8-7-17(26)14-18(19)24(34)32-13-3-2-6-21(32)20-16-33-23(31-11-5-12-31)15-22(28-25(33)27-20)30-9-4-10-30/h7-8,14-16,21,29H,2-6,9-13H2,1H3/t21-/m0/s1. The van der Waals surface area contributed by atoms with Gasteiger partial charge in [-0.25, -0.2) is 13.4 Å². The average Bonchev–Trinajstić information content (AvgIpc) is 3.21. The average molecular weight is 544 g/mol. The van der Waals surface area contributed by atoms with E-state index in [1.165, 1.54) is 25.0 Å². The summed E-state index contributed by atoms with van der Waals surface area (Å²) in [4.78, 5) is 30.0. The maximum Gasteiger partial charge on any atom is 0.256 e. The molecule has 0 unspecified atom stereocenters. The molecule has 12 heteroatoms. The molecular formula is C25H30ClN7O3S. The maximum absolute atomic E-state index is 13.8. The molecule has 1 atom stereocenters. The number of fused-ring (bicyclic) bond motifs is 1. The van der Waals surface area contributed by atoms with Crippen LogP contribution < -0.4 is 14.5 Å². The van der Waals surface area contributed by atoms with Gasteiger partial charge in [0, 0.05) is 50.0 Å². The van der Waals surface area contributed by atoms with Crippen LogP contribution in [0.1, 0.15) is 54.2 Å². The van der Waals surface area contributed by atoms with Crippen molar-refractivity contribution in [2.75, 3.05) is 53.5 Å². The van der Waals surface area contributed by atoms with Gasteiger partial charge in [-0.1, -0.05) is 11.6 Å². The molecule has 0 aliphatic carbocycles. The van der Waals surface area contributed by atoms with Crippen molar-refractivity contribution in [1.82, 2.24) is 19.3 Å². The van der Waals surface area contributed by atoms with Gasteiger partial charge >= 0.3 is 0 Å². The Bertz CT molecular complexity index is 1470. The molecule has 3 saturated heterocycles. The van der Waals surface area contributed by atoms with Crippen molar-refractivity contribution in [2.45, 2.75) is 38.1 Å². The van der Waals surface area contributed by atoms with Crippen LogP contribution in [0.2, 0.25) is 5.02 Å². The van der Waals surface area contributed by atoms with Crippen LogP contribution in [0.5, 0.6) is 0 Å². The van der Waals surface area contributed by atoms with Gasteiger partial charge in [-0.05, 0) is 50.3 Å². The molecule has 0 bridgehead atoms. The molecule has 1 amide bonds. The second kappa shape index (κ2) is 9.36. The van der Waals surface area contributed by atoms with Crippen LogP contribution in [0.25, 0.3) is 5.78 Å². The Morgan fingerprint density at radius 2 is 1.76 bits per heavy atom. The first kappa shape index (κ1) is 24.3. The van der Waals surface area contributed by atoms with E-state index in [0.717, 1.165) is 69.0 Å². The normalized spacial score (nSPS) is 20.1. The number of sulfonamides is 1. The first-order chi connectivity index (χ1) is 17.8. The lowest BCUT2D eigenvalue weighted by Crippen LogP contribution is -2.40. The smallest absolute Gasteiger partial charge is 0.256 e. The highest BCUT2D eigenvalue weighted by Gasteiger charge is 2.33. The number of carbonyl (C=O) groups excluding carboxylic acids is 1. The summed E-state index contributed by atoms with van der Waals surface area (Å²) in [5.74, 6) is 2.40. The molecule has 3 aromatic rings. The molecular weight excluding hydrogens is 514 g/mol. The molecule has 1 aromatic carbocycles. The Kier molecular flexibility index (Phi) is 6.15. The Morgan fingerprint density at radius 1 is 1.00 bits per heavy atom. The fraction of sp³-hybridized carbons (Fsp3) is 0.480. The van der Waals surface area contributed by atoms with Crippen molar-refractivity contribution in [3.05, 3.63) is 46.7 Å². The van der Waals surface area contributed by atoms with Crippen molar-refractivity contribution < 1.29 is 13.2 Å². The molecule has 0 saturated carbocycles. The summed E-state index contributed by atoms with van der Waals surface area (Å²) in [7, 11) is -3.57. The molecule has 3 aliphatic heterocycles. The van der Waals surface area contributed by atoms with E-state index in [1.54, 1.807) is 11.0 Å². The zero-order valence-electron chi connectivity index (χ0n) is 20.7. The van der Waals surface area contributed by atoms with Gasteiger partial charge in [-0.15, -0.1) is 0 Å². The minimum atomic E-state index is -3.57. The number of rotatable bonds is 6. The van der Waals surface area contributed by atoms with Crippen LogP contribution in [-0.2, 0) is 10.0 Å². The lowest BCUT2D eigenvalue weighted by Gasteiger charge is -2.36. The van der Waals surface area contributed by atoms with Crippen LogP contribution in [0.4, 0.5) is 17.3 Å². The molecule has 0 spiro atoms. The molecule has 1 N–H and O–H groups in total. The fourth-order valence-electron chi connectivity index (χ4n) is 5.23. The number of hydrogen-bond donors (Lipinski definition) is 1. The molecule has 2 aromatic heterocycles. The van der Waals surface area contributed by atoms with E-state index < -0.39 is 10.0 Å². The zero-order chi connectivity index (χ0) is 25.7. The Morgan fingerprint density at radius 3 is 2.43 bits per heavy atom. The van der Waals surface area contributed by atoms with Crippen molar-refractivity contribution in [3.8, 4) is 0 Å². The number of piperidine rings is 1. The van der Waals surface area contributed by atoms with Gasteiger partial charge in [-0.3, -0.25) is 13.9 Å². The zero-order valence-corrected chi connectivity index (χ0v) is 22.3. The van der Waals surface area contributed by atoms with Crippen LogP contribution in [-0.4, -0.2) is 72.6 Å². The first-order valence-electron chi connectivity index (χ1n) is 12.7.